The second-order valence-electron chi connectivity index (χ2n) is 5.97. The van der Waals surface area contributed by atoms with Gasteiger partial charge in [-0.2, -0.15) is 0 Å². The lowest BCUT2D eigenvalue weighted by Crippen LogP contribution is -2.54. The second-order valence-corrected chi connectivity index (χ2v) is 5.97. The molecule has 3 atom stereocenters. The monoisotopic (exact) mass is 379 g/mol. The Morgan fingerprint density at radius 3 is 2.41 bits per heavy atom. The Bertz CT molecular complexity index is 676. The first kappa shape index (κ1) is 22.3. The number of carbonyl (C=O) groups is 2. The molecule has 0 aromatic heterocycles. The van der Waals surface area contributed by atoms with Crippen LogP contribution < -0.4 is 5.32 Å². The summed E-state index contributed by atoms with van der Waals surface area (Å²) in [6.45, 7) is 6.96. The molecule has 11 heteroatoms. The molecule has 0 saturated carbocycles. The van der Waals surface area contributed by atoms with Crippen LogP contribution in [-0.2, 0) is 19.1 Å². The van der Waals surface area contributed by atoms with E-state index in [1.165, 1.54) is 6.92 Å². The van der Waals surface area contributed by atoms with E-state index in [0.29, 0.717) is 12.8 Å². The highest BCUT2D eigenvalue weighted by Gasteiger charge is 2.42. The number of nitrogens with one attached hydrogen (secondary N) is 1. The summed E-state index contributed by atoms with van der Waals surface area (Å²) in [5.41, 5.74) is 18.1. The Morgan fingerprint density at radius 2 is 1.93 bits per heavy atom. The van der Waals surface area contributed by atoms with Gasteiger partial charge in [-0.15, -0.1) is 0 Å². The minimum Gasteiger partial charge on any atom is -0.463 e. The first-order valence-electron chi connectivity index (χ1n) is 8.85. The predicted molar refractivity (Wildman–Crippen MR) is 97.2 cm³/mol. The highest BCUT2D eigenvalue weighted by atomic mass is 16.5. The zero-order valence-electron chi connectivity index (χ0n) is 16.0. The Kier molecular flexibility index (Phi) is 9.15. The van der Waals surface area contributed by atoms with Crippen LogP contribution in [0.4, 0.5) is 0 Å². The minimum absolute atomic E-state index is 0.0367. The number of ether oxygens (including phenoxy) is 2. The average Bonchev–Trinajstić information content (AvgIpc) is 2.63. The maximum Gasteiger partial charge on any atom is 0.334 e. The summed E-state index contributed by atoms with van der Waals surface area (Å²) in [7, 11) is 0. The quantitative estimate of drug-likeness (QED) is 0.281. The van der Waals surface area contributed by atoms with E-state index in [2.05, 4.69) is 25.4 Å². The lowest BCUT2D eigenvalue weighted by molar-refractivity contribution is -0.139. The van der Waals surface area contributed by atoms with Crippen molar-refractivity contribution < 1.29 is 19.1 Å². The van der Waals surface area contributed by atoms with Crippen LogP contribution in [0.3, 0.4) is 0 Å². The van der Waals surface area contributed by atoms with Crippen molar-refractivity contribution in [1.82, 2.24) is 5.32 Å². The summed E-state index contributed by atoms with van der Waals surface area (Å²) < 4.78 is 11.1. The molecule has 0 spiro atoms. The molecule has 1 N–H and O–H groups in total. The lowest BCUT2D eigenvalue weighted by atomic mass is 9.85. The molecule has 0 heterocycles. The van der Waals surface area contributed by atoms with E-state index in [0.717, 1.165) is 0 Å². The maximum absolute atomic E-state index is 12.4. The smallest absolute Gasteiger partial charge is 0.334 e. The van der Waals surface area contributed by atoms with Gasteiger partial charge in [0.2, 0.25) is 5.91 Å². The summed E-state index contributed by atoms with van der Waals surface area (Å²) in [6, 6.07) is -1.58. The first-order chi connectivity index (χ1) is 12.9. The van der Waals surface area contributed by atoms with Gasteiger partial charge in [0, 0.05) is 22.3 Å². The summed E-state index contributed by atoms with van der Waals surface area (Å²) in [5.74, 6) is -1.03. The third kappa shape index (κ3) is 5.89. The Morgan fingerprint density at radius 1 is 1.26 bits per heavy atom. The van der Waals surface area contributed by atoms with Crippen LogP contribution in [0.1, 0.15) is 47.0 Å². The number of hydrogen-bond donors (Lipinski definition) is 1. The van der Waals surface area contributed by atoms with Crippen molar-refractivity contribution in [1.29, 1.82) is 0 Å². The lowest BCUT2D eigenvalue weighted by Gasteiger charge is -2.38. The van der Waals surface area contributed by atoms with E-state index in [-0.39, 0.29) is 36.3 Å². The van der Waals surface area contributed by atoms with E-state index >= 15 is 0 Å². The summed E-state index contributed by atoms with van der Waals surface area (Å²) in [6.07, 6.45) is 0.154. The zero-order valence-corrected chi connectivity index (χ0v) is 16.0. The fourth-order valence-corrected chi connectivity index (χ4v) is 2.98. The molecule has 0 saturated heterocycles. The predicted octanol–water partition coefficient (Wildman–Crippen LogP) is 3.28. The van der Waals surface area contributed by atoms with Crippen LogP contribution in [0.25, 0.3) is 20.9 Å². The number of hydrogen-bond acceptors (Lipinski definition) is 6. The molecular formula is C16H25N7O4. The van der Waals surface area contributed by atoms with Crippen molar-refractivity contribution in [2.45, 2.75) is 71.2 Å². The number of carbonyl (C=O) groups excluding carboxylic acids is 2. The molecule has 0 aromatic rings. The van der Waals surface area contributed by atoms with E-state index in [4.69, 9.17) is 20.5 Å². The minimum atomic E-state index is -0.946. The molecule has 0 aliphatic heterocycles. The van der Waals surface area contributed by atoms with Crippen molar-refractivity contribution in [3.8, 4) is 0 Å². The van der Waals surface area contributed by atoms with Gasteiger partial charge >= 0.3 is 5.97 Å². The molecule has 27 heavy (non-hydrogen) atoms. The standard InChI is InChI=1S/C16H25N7O4/c1-5-10(6-2)27-15-13(21-23-18)11(16(25)26-7-3)8-12(20-22-17)14(15)19-9(4)24/h10,12,14-15H,5-8H2,1-4H3,(H,19,24)/t12-,14+,15+/m0/s1. The first-order valence-corrected chi connectivity index (χ1v) is 8.85. The third-order valence-electron chi connectivity index (χ3n) is 4.23. The van der Waals surface area contributed by atoms with Gasteiger partial charge in [0.05, 0.1) is 30.5 Å². The third-order valence-corrected chi connectivity index (χ3v) is 4.23. The molecule has 1 rings (SSSR count). The maximum atomic E-state index is 12.4. The van der Waals surface area contributed by atoms with Crippen molar-refractivity contribution in [2.75, 3.05) is 6.61 Å². The van der Waals surface area contributed by atoms with Gasteiger partial charge in [0.15, 0.2) is 0 Å². The highest BCUT2D eigenvalue weighted by molar-refractivity contribution is 5.90. The Hall–Kier alpha value is -2.74. The van der Waals surface area contributed by atoms with E-state index < -0.39 is 24.2 Å². The SMILES string of the molecule is CCOC(=O)C1=C(N=[N+]=[N-])[C@@H](OC(CC)CC)[C@H](NC(C)=O)[C@@H](N=[N+]=[N-])C1. The van der Waals surface area contributed by atoms with Gasteiger partial charge in [0.1, 0.15) is 6.10 Å². The summed E-state index contributed by atoms with van der Waals surface area (Å²) >= 11 is 0. The molecule has 0 aromatic carbocycles. The van der Waals surface area contributed by atoms with Crippen LogP contribution in [0.5, 0.6) is 0 Å². The topological polar surface area (TPSA) is 162 Å². The average molecular weight is 379 g/mol. The van der Waals surface area contributed by atoms with Crippen molar-refractivity contribution >= 4 is 11.9 Å². The van der Waals surface area contributed by atoms with Crippen LogP contribution >= 0.6 is 0 Å². The number of nitrogens with zero attached hydrogens (tertiary/aromatic N) is 6. The van der Waals surface area contributed by atoms with Crippen LogP contribution in [0.2, 0.25) is 0 Å². The molecule has 1 aliphatic carbocycles. The highest BCUT2D eigenvalue weighted by Crippen LogP contribution is 2.33. The number of rotatable bonds is 9. The molecule has 0 unspecified atom stereocenters. The Labute approximate surface area is 157 Å². The molecule has 1 aliphatic rings. The van der Waals surface area contributed by atoms with E-state index in [1.54, 1.807) is 6.92 Å². The van der Waals surface area contributed by atoms with E-state index in [1.807, 2.05) is 13.8 Å². The van der Waals surface area contributed by atoms with Gasteiger partial charge in [-0.3, -0.25) is 4.79 Å². The number of azide groups is 2. The zero-order chi connectivity index (χ0) is 20.4. The fraction of sp³-hybridized carbons (Fsp3) is 0.750. The fourth-order valence-electron chi connectivity index (χ4n) is 2.98. The molecule has 11 nitrogen and oxygen atoms in total. The molecular weight excluding hydrogens is 354 g/mol. The van der Waals surface area contributed by atoms with Crippen molar-refractivity contribution in [3.63, 3.8) is 0 Å². The molecule has 148 valence electrons. The number of amides is 1. The van der Waals surface area contributed by atoms with Crippen LogP contribution in [-0.4, -0.2) is 42.8 Å². The normalized spacial score (nSPS) is 21.9. The van der Waals surface area contributed by atoms with Gasteiger partial charge in [0.25, 0.3) is 0 Å². The van der Waals surface area contributed by atoms with E-state index in [9.17, 15) is 9.59 Å². The molecule has 0 bridgehead atoms. The van der Waals surface area contributed by atoms with Crippen LogP contribution in [0, 0.1) is 0 Å². The second kappa shape index (κ2) is 11.1. The largest absolute Gasteiger partial charge is 0.463 e. The number of esters is 1. The summed E-state index contributed by atoms with van der Waals surface area (Å²) in [5, 5.41) is 10.1. The molecule has 1 amide bonds. The van der Waals surface area contributed by atoms with Crippen LogP contribution in [0.15, 0.2) is 21.5 Å². The Balaban J connectivity index is 3.56. The molecule has 0 radical (unpaired) electrons. The van der Waals surface area contributed by atoms with Gasteiger partial charge in [-0.05, 0) is 37.2 Å². The molecule has 0 fully saturated rings. The van der Waals surface area contributed by atoms with Gasteiger partial charge < -0.3 is 14.8 Å². The van der Waals surface area contributed by atoms with Gasteiger partial charge in [-0.25, -0.2) is 4.79 Å². The van der Waals surface area contributed by atoms with Gasteiger partial charge in [-0.1, -0.05) is 24.1 Å². The van der Waals surface area contributed by atoms with Crippen molar-refractivity contribution in [3.05, 3.63) is 32.2 Å². The summed E-state index contributed by atoms with van der Waals surface area (Å²) in [4.78, 5) is 29.7. The van der Waals surface area contributed by atoms with Crippen molar-refractivity contribution in [2.24, 2.45) is 10.2 Å².